The van der Waals surface area contributed by atoms with E-state index in [1.807, 2.05) is 0 Å². The van der Waals surface area contributed by atoms with Gasteiger partial charge >= 0.3 is 0 Å². The van der Waals surface area contributed by atoms with Gasteiger partial charge in [-0.1, -0.05) is 102 Å². The van der Waals surface area contributed by atoms with Crippen LogP contribution in [0.15, 0.2) is 146 Å². The van der Waals surface area contributed by atoms with Gasteiger partial charge in [0.1, 0.15) is 0 Å². The summed E-state index contributed by atoms with van der Waals surface area (Å²) < 4.78 is 2.60. The Morgan fingerprint density at radius 2 is 1.58 bits per heavy atom. The van der Waals surface area contributed by atoms with E-state index in [9.17, 15) is 0 Å². The fraction of sp³-hybridized carbons (Fsp3) is 0.400. The molecule has 0 bridgehead atoms. The minimum Gasteiger partial charge on any atom is -0.353 e. The van der Waals surface area contributed by atoms with Crippen LogP contribution in [0.5, 0.6) is 0 Å². The van der Waals surface area contributed by atoms with Crippen LogP contribution in [-0.2, 0) is 6.42 Å². The van der Waals surface area contributed by atoms with Crippen LogP contribution in [0.4, 0.5) is 0 Å². The van der Waals surface area contributed by atoms with E-state index in [2.05, 4.69) is 142 Å². The third-order valence-corrected chi connectivity index (χ3v) is 17.5. The number of para-hydroxylation sites is 1. The lowest BCUT2D eigenvalue weighted by atomic mass is 9.74. The highest BCUT2D eigenvalue weighted by molar-refractivity contribution is 8.04. The Labute approximate surface area is 335 Å². The topological polar surface area (TPSA) is 29.0 Å². The molecule has 55 heavy (non-hydrogen) atoms. The molecule has 0 saturated carbocycles. The highest BCUT2D eigenvalue weighted by Gasteiger charge is 2.42. The number of hydrogen-bond donors (Lipinski definition) is 2. The Balaban J connectivity index is 0.853. The lowest BCUT2D eigenvalue weighted by Gasteiger charge is -2.41. The minimum atomic E-state index is -0.0305. The quantitative estimate of drug-likeness (QED) is 0.304. The summed E-state index contributed by atoms with van der Waals surface area (Å²) in [5.74, 6) is 2.56. The van der Waals surface area contributed by atoms with Crippen molar-refractivity contribution in [2.75, 3.05) is 0 Å². The Morgan fingerprint density at radius 3 is 2.58 bits per heavy atom. The van der Waals surface area contributed by atoms with Gasteiger partial charge in [-0.25, -0.2) is 0 Å². The van der Waals surface area contributed by atoms with Crippen LogP contribution in [0.25, 0.3) is 17.0 Å². The minimum absolute atomic E-state index is 0.0305. The summed E-state index contributed by atoms with van der Waals surface area (Å²) in [5, 5.41) is 11.1. The summed E-state index contributed by atoms with van der Waals surface area (Å²) >= 11 is 4.31. The van der Waals surface area contributed by atoms with E-state index < -0.39 is 0 Å². The number of fused-ring (bicyclic) bond motifs is 8. The van der Waals surface area contributed by atoms with Crippen LogP contribution in [0, 0.1) is 23.7 Å². The van der Waals surface area contributed by atoms with Crippen molar-refractivity contribution in [2.45, 2.75) is 99.9 Å². The number of allylic oxidation sites excluding steroid dienone is 15. The van der Waals surface area contributed by atoms with Gasteiger partial charge in [-0.2, -0.15) is 0 Å². The molecule has 2 aromatic rings. The Kier molecular flexibility index (Phi) is 8.22. The molecule has 5 heteroatoms. The lowest BCUT2D eigenvalue weighted by molar-refractivity contribution is 0.317. The Hall–Kier alpha value is -3.64. The molecule has 1 aromatic carbocycles. The molecule has 0 amide bonds. The zero-order chi connectivity index (χ0) is 36.0. The molecule has 1 aromatic heterocycles. The zero-order valence-corrected chi connectivity index (χ0v) is 33.3. The van der Waals surface area contributed by atoms with Crippen LogP contribution in [0.2, 0.25) is 0 Å². The Bertz CT molecular complexity index is 2350. The van der Waals surface area contributed by atoms with Crippen molar-refractivity contribution in [3.63, 3.8) is 0 Å². The van der Waals surface area contributed by atoms with E-state index in [-0.39, 0.29) is 12.3 Å². The molecule has 12 rings (SSSR count). The molecule has 3 nitrogen and oxygen atoms in total. The first-order valence-electron chi connectivity index (χ1n) is 21.4. The standard InChI is InChI=1S/C50H51N3S2/c1-5-19-42-39(16-1)48(33-12-9-11-32(27-33)34-17-10-18-38-36-14-3-8-22-46(36)55-49(34)38)52-50(51-42)53-43-20-6-2-13-35(43)40-28-30(23-25-44(40)53)31-24-26-47-41(29-31)37-15-4-7-21-45(37)54-47/h2,4,6-8,11,13,16-17,19-20,22-27,30-31,37-38,45,48-52H,1,3,5,9-10,12,14-15,18,21,28-29H2. The van der Waals surface area contributed by atoms with Crippen molar-refractivity contribution < 1.29 is 0 Å². The first kappa shape index (κ1) is 33.5. The van der Waals surface area contributed by atoms with Gasteiger partial charge in [0.25, 0.3) is 0 Å². The normalized spacial score (nSPS) is 34.4. The first-order valence-corrected chi connectivity index (χ1v) is 23.1. The van der Waals surface area contributed by atoms with Crippen molar-refractivity contribution in [3.8, 4) is 0 Å². The van der Waals surface area contributed by atoms with E-state index in [1.54, 1.807) is 32.1 Å². The predicted molar refractivity (Wildman–Crippen MR) is 233 cm³/mol. The number of aromatic nitrogens is 1. The van der Waals surface area contributed by atoms with Gasteiger partial charge in [0.05, 0.1) is 11.6 Å². The molecular formula is C50H51N3S2. The molecule has 2 N–H and O–H groups in total. The summed E-state index contributed by atoms with van der Waals surface area (Å²) in [6.07, 6.45) is 46.7. The van der Waals surface area contributed by atoms with Crippen molar-refractivity contribution in [2.24, 2.45) is 23.7 Å². The van der Waals surface area contributed by atoms with Gasteiger partial charge < -0.3 is 9.88 Å². The van der Waals surface area contributed by atoms with Crippen LogP contribution < -0.4 is 10.6 Å². The van der Waals surface area contributed by atoms with Crippen molar-refractivity contribution in [3.05, 3.63) is 157 Å². The number of hydrogen-bond acceptors (Lipinski definition) is 4. The summed E-state index contributed by atoms with van der Waals surface area (Å²) in [7, 11) is 0. The molecule has 0 spiro atoms. The monoisotopic (exact) mass is 757 g/mol. The molecule has 7 aliphatic carbocycles. The second-order valence-electron chi connectivity index (χ2n) is 17.4. The maximum atomic E-state index is 4.25. The number of thioether (sulfide) groups is 2. The van der Waals surface area contributed by atoms with Gasteiger partial charge in [-0.15, -0.1) is 23.5 Å². The summed E-state index contributed by atoms with van der Waals surface area (Å²) in [4.78, 5) is 3.16. The highest BCUT2D eigenvalue weighted by atomic mass is 32.2. The first-order chi connectivity index (χ1) is 27.2. The number of rotatable bonds is 4. The molecule has 10 aliphatic rings. The smallest absolute Gasteiger partial charge is 0.160 e. The molecule has 1 fully saturated rings. The largest absolute Gasteiger partial charge is 0.353 e. The average molecular weight is 758 g/mol. The fourth-order valence-corrected chi connectivity index (χ4v) is 15.1. The Morgan fingerprint density at radius 1 is 0.709 bits per heavy atom. The molecular weight excluding hydrogens is 707 g/mol. The third kappa shape index (κ3) is 5.50. The third-order valence-electron chi connectivity index (χ3n) is 14.5. The van der Waals surface area contributed by atoms with Crippen molar-refractivity contribution >= 4 is 40.5 Å². The fourth-order valence-electron chi connectivity index (χ4n) is 11.9. The van der Waals surface area contributed by atoms with Gasteiger partial charge in [0, 0.05) is 37.1 Å². The number of benzene rings is 1. The van der Waals surface area contributed by atoms with Crippen molar-refractivity contribution in [1.29, 1.82) is 0 Å². The van der Waals surface area contributed by atoms with E-state index in [4.69, 9.17) is 0 Å². The predicted octanol–water partition coefficient (Wildman–Crippen LogP) is 12.1. The van der Waals surface area contributed by atoms with E-state index in [0.29, 0.717) is 17.1 Å². The molecule has 8 atom stereocenters. The van der Waals surface area contributed by atoms with Gasteiger partial charge in [0.2, 0.25) is 0 Å². The molecule has 4 heterocycles. The van der Waals surface area contributed by atoms with Gasteiger partial charge in [-0.05, 0) is 141 Å². The molecule has 278 valence electrons. The summed E-state index contributed by atoms with van der Waals surface area (Å²) in [5.41, 5.74) is 15.2. The second kappa shape index (κ2) is 13.5. The van der Waals surface area contributed by atoms with E-state index in [0.717, 1.165) is 49.2 Å². The van der Waals surface area contributed by atoms with E-state index >= 15 is 0 Å². The number of nitrogens with one attached hydrogen (secondary N) is 2. The van der Waals surface area contributed by atoms with Crippen LogP contribution in [-0.4, -0.2) is 21.1 Å². The van der Waals surface area contributed by atoms with E-state index in [1.165, 1.54) is 83.9 Å². The summed E-state index contributed by atoms with van der Waals surface area (Å²) in [6, 6.07) is 9.41. The SMILES string of the molecule is C1=CC2=C(CC1)C1CCC=C(C3=CCCC(C4NC(n5c6c(c7ccccc75)CC(C5C=CC7=C(C5)C5CC=CCC5S7)C=C6)NC5=CCCC=C54)=C3)C1S2. The van der Waals surface area contributed by atoms with Crippen LogP contribution in [0.3, 0.4) is 0 Å². The average Bonchev–Trinajstić information content (AvgIpc) is 3.92. The highest BCUT2D eigenvalue weighted by Crippen LogP contribution is 2.55. The van der Waals surface area contributed by atoms with Crippen LogP contribution in [0.1, 0.15) is 88.2 Å². The van der Waals surface area contributed by atoms with Gasteiger partial charge in [0.15, 0.2) is 6.29 Å². The zero-order valence-electron chi connectivity index (χ0n) is 31.7. The molecule has 8 unspecified atom stereocenters. The molecule has 0 radical (unpaired) electrons. The molecule has 1 saturated heterocycles. The van der Waals surface area contributed by atoms with Gasteiger partial charge in [-0.3, -0.25) is 5.32 Å². The summed E-state index contributed by atoms with van der Waals surface area (Å²) in [6.45, 7) is 0. The van der Waals surface area contributed by atoms with Crippen molar-refractivity contribution in [1.82, 2.24) is 15.2 Å². The molecule has 3 aliphatic heterocycles. The lowest BCUT2D eigenvalue weighted by Crippen LogP contribution is -2.52. The number of nitrogens with zero attached hydrogens (tertiary/aromatic N) is 1. The maximum absolute atomic E-state index is 4.25. The second-order valence-corrected chi connectivity index (χ2v) is 19.9. The van der Waals surface area contributed by atoms with Crippen LogP contribution >= 0.6 is 23.5 Å². The maximum Gasteiger partial charge on any atom is 0.160 e.